The van der Waals surface area contributed by atoms with Gasteiger partial charge in [0.2, 0.25) is 0 Å². The van der Waals surface area contributed by atoms with E-state index in [0.717, 1.165) is 33.1 Å². The van der Waals surface area contributed by atoms with E-state index in [1.807, 2.05) is 41.1 Å². The SMILES string of the molecule is COc1ccc(Cn2nccc2-n2[nH]c(=O)c3c(I)cc(N4CCOC[C@H]4C)nc32)cc1. The van der Waals surface area contributed by atoms with E-state index >= 15 is 0 Å². The van der Waals surface area contributed by atoms with E-state index in [0.29, 0.717) is 30.8 Å². The first kappa shape index (κ1) is 21.0. The molecule has 4 heterocycles. The van der Waals surface area contributed by atoms with Gasteiger partial charge in [0.05, 0.1) is 44.5 Å². The Morgan fingerprint density at radius 2 is 2.09 bits per heavy atom. The molecule has 0 radical (unpaired) electrons. The van der Waals surface area contributed by atoms with Crippen LogP contribution in [0.3, 0.4) is 0 Å². The van der Waals surface area contributed by atoms with E-state index in [4.69, 9.17) is 14.5 Å². The maximum atomic E-state index is 12.8. The lowest BCUT2D eigenvalue weighted by Gasteiger charge is -2.34. The molecule has 4 aromatic rings. The van der Waals surface area contributed by atoms with Crippen LogP contribution >= 0.6 is 22.6 Å². The van der Waals surface area contributed by atoms with Crippen LogP contribution in [-0.2, 0) is 11.3 Å². The summed E-state index contributed by atoms with van der Waals surface area (Å²) in [5.74, 6) is 2.38. The van der Waals surface area contributed by atoms with Crippen LogP contribution in [0.1, 0.15) is 12.5 Å². The minimum Gasteiger partial charge on any atom is -0.497 e. The molecule has 166 valence electrons. The molecule has 0 saturated carbocycles. The highest BCUT2D eigenvalue weighted by Crippen LogP contribution is 2.26. The number of morpholine rings is 1. The number of halogens is 1. The number of pyridine rings is 1. The normalized spacial score (nSPS) is 16.6. The summed E-state index contributed by atoms with van der Waals surface area (Å²) >= 11 is 2.21. The van der Waals surface area contributed by atoms with Crippen molar-refractivity contribution >= 4 is 39.4 Å². The Morgan fingerprint density at radius 1 is 1.28 bits per heavy atom. The summed E-state index contributed by atoms with van der Waals surface area (Å²) in [5, 5.41) is 8.01. The van der Waals surface area contributed by atoms with Gasteiger partial charge < -0.3 is 14.4 Å². The number of nitrogens with one attached hydrogen (secondary N) is 1. The van der Waals surface area contributed by atoms with Crippen LogP contribution in [0.25, 0.3) is 16.9 Å². The average molecular weight is 546 g/mol. The molecule has 1 atom stereocenters. The third-order valence-corrected chi connectivity index (χ3v) is 6.52. The second-order valence-corrected chi connectivity index (χ2v) is 8.91. The van der Waals surface area contributed by atoms with E-state index < -0.39 is 0 Å². The number of benzene rings is 1. The minimum absolute atomic E-state index is 0.171. The molecule has 1 fully saturated rings. The Balaban J connectivity index is 1.57. The fourth-order valence-electron chi connectivity index (χ4n) is 3.99. The number of aromatic amines is 1. The first-order chi connectivity index (χ1) is 15.5. The zero-order chi connectivity index (χ0) is 22.2. The largest absolute Gasteiger partial charge is 0.497 e. The van der Waals surface area contributed by atoms with Gasteiger partial charge in [0.1, 0.15) is 11.6 Å². The molecule has 1 aromatic carbocycles. The highest BCUT2D eigenvalue weighted by Gasteiger charge is 2.23. The highest BCUT2D eigenvalue weighted by molar-refractivity contribution is 14.1. The summed E-state index contributed by atoms with van der Waals surface area (Å²) in [4.78, 5) is 19.9. The topological polar surface area (TPSA) is 90.2 Å². The predicted octanol–water partition coefficient (Wildman–Crippen LogP) is 2.80. The third-order valence-electron chi connectivity index (χ3n) is 5.67. The first-order valence-electron chi connectivity index (χ1n) is 10.4. The Morgan fingerprint density at radius 3 is 2.84 bits per heavy atom. The molecule has 1 aliphatic rings. The fourth-order valence-corrected chi connectivity index (χ4v) is 4.76. The van der Waals surface area contributed by atoms with Crippen molar-refractivity contribution in [2.75, 3.05) is 31.8 Å². The molecule has 9 nitrogen and oxygen atoms in total. The number of H-pyrrole nitrogens is 1. The van der Waals surface area contributed by atoms with Gasteiger partial charge in [-0.1, -0.05) is 12.1 Å². The van der Waals surface area contributed by atoms with Crippen LogP contribution in [0.15, 0.2) is 47.4 Å². The Kier molecular flexibility index (Phi) is 5.64. The number of rotatable bonds is 5. The van der Waals surface area contributed by atoms with Crippen molar-refractivity contribution < 1.29 is 9.47 Å². The third kappa shape index (κ3) is 3.77. The van der Waals surface area contributed by atoms with E-state index in [1.54, 1.807) is 18.0 Å². The van der Waals surface area contributed by atoms with Crippen LogP contribution < -0.4 is 15.2 Å². The van der Waals surface area contributed by atoms with Gasteiger partial charge in [-0.15, -0.1) is 0 Å². The van der Waals surface area contributed by atoms with Gasteiger partial charge in [-0.25, -0.2) is 14.3 Å². The predicted molar refractivity (Wildman–Crippen MR) is 130 cm³/mol. The average Bonchev–Trinajstić information content (AvgIpc) is 3.38. The van der Waals surface area contributed by atoms with Crippen molar-refractivity contribution in [3.63, 3.8) is 0 Å². The number of ether oxygens (including phenoxy) is 2. The van der Waals surface area contributed by atoms with Crippen LogP contribution in [0.4, 0.5) is 5.82 Å². The van der Waals surface area contributed by atoms with E-state index in [1.165, 1.54) is 0 Å². The van der Waals surface area contributed by atoms with Gasteiger partial charge in [-0.05, 0) is 53.3 Å². The Labute approximate surface area is 198 Å². The number of aromatic nitrogens is 5. The fraction of sp³-hybridized carbons (Fsp3) is 0.318. The van der Waals surface area contributed by atoms with Crippen molar-refractivity contribution in [2.24, 2.45) is 0 Å². The van der Waals surface area contributed by atoms with Crippen molar-refractivity contribution in [3.05, 3.63) is 62.1 Å². The lowest BCUT2D eigenvalue weighted by Crippen LogP contribution is -2.44. The standard InChI is InChI=1S/C22H23IN6O3/c1-14-13-32-10-9-27(14)18-11-17(23)20-21(25-18)29(26-22(20)30)19-7-8-24-28(19)12-15-3-5-16(31-2)6-4-15/h3-8,11,14H,9-10,12-13H2,1-2H3,(H,26,30)/t14-/m1/s1. The molecule has 0 spiro atoms. The molecule has 0 bridgehead atoms. The van der Waals surface area contributed by atoms with Crippen molar-refractivity contribution in [1.29, 1.82) is 0 Å². The lowest BCUT2D eigenvalue weighted by molar-refractivity contribution is 0.0985. The van der Waals surface area contributed by atoms with Crippen molar-refractivity contribution in [2.45, 2.75) is 19.5 Å². The Hall–Kier alpha value is -2.86. The van der Waals surface area contributed by atoms with E-state index in [-0.39, 0.29) is 11.6 Å². The molecular formula is C22H23IN6O3. The van der Waals surface area contributed by atoms with Crippen LogP contribution in [-0.4, -0.2) is 57.5 Å². The van der Waals surface area contributed by atoms with Crippen molar-refractivity contribution in [3.8, 4) is 11.6 Å². The summed E-state index contributed by atoms with van der Waals surface area (Å²) in [7, 11) is 1.65. The zero-order valence-electron chi connectivity index (χ0n) is 17.8. The molecule has 3 aromatic heterocycles. The molecule has 1 N–H and O–H groups in total. The van der Waals surface area contributed by atoms with Gasteiger partial charge in [0, 0.05) is 16.2 Å². The summed E-state index contributed by atoms with van der Waals surface area (Å²) in [6, 6.07) is 11.9. The van der Waals surface area contributed by atoms with Gasteiger partial charge in [0.15, 0.2) is 11.5 Å². The number of nitrogens with zero attached hydrogens (tertiary/aromatic N) is 5. The molecule has 0 unspecified atom stereocenters. The van der Waals surface area contributed by atoms with Gasteiger partial charge >= 0.3 is 0 Å². The van der Waals surface area contributed by atoms with E-state index in [2.05, 4.69) is 44.6 Å². The minimum atomic E-state index is -0.171. The van der Waals surface area contributed by atoms with Crippen LogP contribution in [0, 0.1) is 3.57 Å². The van der Waals surface area contributed by atoms with Gasteiger partial charge in [-0.3, -0.25) is 9.89 Å². The number of fused-ring (bicyclic) bond motifs is 1. The quantitative estimate of drug-likeness (QED) is 0.388. The summed E-state index contributed by atoms with van der Waals surface area (Å²) in [5.41, 5.74) is 1.49. The number of hydrogen-bond donors (Lipinski definition) is 1. The maximum Gasteiger partial charge on any atom is 0.275 e. The molecule has 1 aliphatic heterocycles. The summed E-state index contributed by atoms with van der Waals surface area (Å²) < 4.78 is 15.2. The molecule has 1 saturated heterocycles. The number of anilines is 1. The molecular weight excluding hydrogens is 523 g/mol. The molecule has 32 heavy (non-hydrogen) atoms. The number of hydrogen-bond acceptors (Lipinski definition) is 6. The first-order valence-corrected chi connectivity index (χ1v) is 11.4. The van der Waals surface area contributed by atoms with Gasteiger partial charge in [0.25, 0.3) is 5.56 Å². The monoisotopic (exact) mass is 546 g/mol. The Bertz CT molecular complexity index is 1310. The van der Waals surface area contributed by atoms with Crippen LogP contribution in [0.2, 0.25) is 0 Å². The molecule has 0 amide bonds. The number of methoxy groups -OCH3 is 1. The highest BCUT2D eigenvalue weighted by atomic mass is 127. The summed E-state index contributed by atoms with van der Waals surface area (Å²) in [6.07, 6.45) is 1.72. The molecule has 10 heteroatoms. The van der Waals surface area contributed by atoms with Gasteiger partial charge in [-0.2, -0.15) is 5.10 Å². The molecule has 0 aliphatic carbocycles. The van der Waals surface area contributed by atoms with E-state index in [9.17, 15) is 4.79 Å². The van der Waals surface area contributed by atoms with Crippen molar-refractivity contribution in [1.82, 2.24) is 24.5 Å². The smallest absolute Gasteiger partial charge is 0.275 e. The second kappa shape index (κ2) is 8.58. The summed E-state index contributed by atoms with van der Waals surface area (Å²) in [6.45, 7) is 4.75. The lowest BCUT2D eigenvalue weighted by atomic mass is 10.2. The maximum absolute atomic E-state index is 12.8. The van der Waals surface area contributed by atoms with Crippen LogP contribution in [0.5, 0.6) is 5.75 Å². The second-order valence-electron chi connectivity index (χ2n) is 7.75. The zero-order valence-corrected chi connectivity index (χ0v) is 19.9. The molecule has 5 rings (SSSR count).